The van der Waals surface area contributed by atoms with Gasteiger partial charge in [0.15, 0.2) is 0 Å². The number of rotatable bonds is 12. The average Bonchev–Trinajstić information content (AvgIpc) is 3.66. The highest BCUT2D eigenvalue weighted by Crippen LogP contribution is 2.44. The maximum Gasteiger partial charge on any atom is 0.411 e. The van der Waals surface area contributed by atoms with Crippen molar-refractivity contribution >= 4 is 41.5 Å². The number of carboxylic acids is 1. The summed E-state index contributed by atoms with van der Waals surface area (Å²) in [5, 5.41) is 15.0. The van der Waals surface area contributed by atoms with E-state index in [-0.39, 0.29) is 31.5 Å². The molecule has 0 saturated carbocycles. The number of hydrogen-bond acceptors (Lipinski definition) is 8. The van der Waals surface area contributed by atoms with Crippen LogP contribution in [0.15, 0.2) is 72.8 Å². The third-order valence-corrected chi connectivity index (χ3v) is 8.93. The fourth-order valence-electron chi connectivity index (χ4n) is 5.52. The molecule has 45 heavy (non-hydrogen) atoms. The van der Waals surface area contributed by atoms with Gasteiger partial charge in [0, 0.05) is 23.9 Å². The number of aliphatic carboxylic acids is 1. The van der Waals surface area contributed by atoms with Crippen LogP contribution in [0, 0.1) is 0 Å². The van der Waals surface area contributed by atoms with Crippen molar-refractivity contribution in [1.29, 1.82) is 0 Å². The minimum Gasteiger partial charge on any atom is -0.480 e. The third-order valence-electron chi connectivity index (χ3n) is 7.91. The van der Waals surface area contributed by atoms with Crippen molar-refractivity contribution in [2.45, 2.75) is 43.9 Å². The number of carboxylic acid groups (broad SMARTS) is 1. The third kappa shape index (κ3) is 7.88. The summed E-state index contributed by atoms with van der Waals surface area (Å²) in [7, 11) is 0. The number of nitrogens with two attached hydrogens (primary N) is 1. The number of nitrogens with one attached hydrogen (secondary N) is 2. The zero-order chi connectivity index (χ0) is 31.8. The van der Waals surface area contributed by atoms with Crippen LogP contribution in [0.3, 0.4) is 0 Å². The van der Waals surface area contributed by atoms with Gasteiger partial charge in [0.1, 0.15) is 25.3 Å². The molecule has 3 aromatic rings. The Morgan fingerprint density at radius 3 is 2.27 bits per heavy atom. The monoisotopic (exact) mass is 632 g/mol. The smallest absolute Gasteiger partial charge is 0.411 e. The number of hydrogen-bond donors (Lipinski definition) is 4. The fourth-order valence-corrected chi connectivity index (χ4v) is 6.67. The molecule has 1 heterocycles. The first-order valence-electron chi connectivity index (χ1n) is 14.8. The summed E-state index contributed by atoms with van der Waals surface area (Å²) in [6.45, 7) is 0.457. The van der Waals surface area contributed by atoms with Gasteiger partial charge < -0.3 is 30.9 Å². The molecule has 1 saturated heterocycles. The Morgan fingerprint density at radius 2 is 1.60 bits per heavy atom. The Bertz CT molecular complexity index is 1490. The first-order valence-corrected chi connectivity index (χ1v) is 15.9. The van der Waals surface area contributed by atoms with E-state index in [1.807, 2.05) is 48.5 Å². The van der Waals surface area contributed by atoms with Crippen LogP contribution in [0.2, 0.25) is 0 Å². The molecule has 0 bridgehead atoms. The lowest BCUT2D eigenvalue weighted by Gasteiger charge is -2.22. The Labute approximate surface area is 265 Å². The molecule has 11 nitrogen and oxygen atoms in total. The molecule has 2 aliphatic rings. The van der Waals surface area contributed by atoms with Crippen LogP contribution in [0.4, 0.5) is 15.3 Å². The average molecular weight is 633 g/mol. The molecule has 0 unspecified atom stereocenters. The molecule has 236 valence electrons. The van der Waals surface area contributed by atoms with Crippen LogP contribution < -0.4 is 16.4 Å². The summed E-state index contributed by atoms with van der Waals surface area (Å²) >= 11 is 1.46. The first-order chi connectivity index (χ1) is 21.8. The van der Waals surface area contributed by atoms with Crippen LogP contribution in [-0.2, 0) is 25.7 Å². The number of fused-ring (bicyclic) bond motifs is 3. The molecule has 0 spiro atoms. The van der Waals surface area contributed by atoms with Crippen LogP contribution >= 0.6 is 11.8 Å². The number of benzene rings is 3. The van der Waals surface area contributed by atoms with Gasteiger partial charge in [-0.25, -0.2) is 14.4 Å². The highest BCUT2D eigenvalue weighted by Gasteiger charge is 2.35. The van der Waals surface area contributed by atoms with E-state index in [0.717, 1.165) is 27.8 Å². The number of carbonyl (C=O) groups excluding carboxylic acids is 3. The van der Waals surface area contributed by atoms with E-state index in [2.05, 4.69) is 10.6 Å². The molecule has 0 aromatic heterocycles. The van der Waals surface area contributed by atoms with Crippen LogP contribution in [0.25, 0.3) is 11.1 Å². The van der Waals surface area contributed by atoms with E-state index in [0.29, 0.717) is 36.7 Å². The Morgan fingerprint density at radius 1 is 0.933 bits per heavy atom. The van der Waals surface area contributed by atoms with Gasteiger partial charge >= 0.3 is 18.2 Å². The minimum absolute atomic E-state index is 0.0729. The summed E-state index contributed by atoms with van der Waals surface area (Å²) in [5.41, 5.74) is 11.4. The largest absolute Gasteiger partial charge is 0.480 e. The quantitative estimate of drug-likeness (QED) is 0.166. The van der Waals surface area contributed by atoms with Gasteiger partial charge in [0.2, 0.25) is 5.91 Å². The van der Waals surface area contributed by atoms with Crippen molar-refractivity contribution in [2.24, 2.45) is 0 Å². The highest BCUT2D eigenvalue weighted by molar-refractivity contribution is 7.99. The zero-order valence-corrected chi connectivity index (χ0v) is 25.5. The van der Waals surface area contributed by atoms with Gasteiger partial charge in [-0.2, -0.15) is 0 Å². The molecule has 5 N–H and O–H groups in total. The van der Waals surface area contributed by atoms with E-state index in [4.69, 9.17) is 15.2 Å². The number of anilines is 1. The summed E-state index contributed by atoms with van der Waals surface area (Å²) in [6, 6.07) is 21.1. The summed E-state index contributed by atoms with van der Waals surface area (Å²) in [6.07, 6.45) is -0.268. The van der Waals surface area contributed by atoms with E-state index in [1.165, 1.54) is 16.7 Å². The molecule has 3 aromatic carbocycles. The molecular formula is C33H36N4O7S. The topological polar surface area (TPSA) is 160 Å². The highest BCUT2D eigenvalue weighted by atomic mass is 32.2. The molecule has 1 fully saturated rings. The van der Waals surface area contributed by atoms with E-state index >= 15 is 0 Å². The molecule has 3 amide bonds. The normalized spacial score (nSPS) is 15.9. The van der Waals surface area contributed by atoms with Gasteiger partial charge in [0.05, 0.1) is 5.88 Å². The number of unbranched alkanes of at least 4 members (excludes halogenated alkanes) is 1. The van der Waals surface area contributed by atoms with E-state index in [9.17, 15) is 24.3 Å². The molecule has 1 aliphatic heterocycles. The number of ether oxygens (including phenoxy) is 2. The first kappa shape index (κ1) is 31.7. The Hall–Kier alpha value is -4.71. The van der Waals surface area contributed by atoms with Crippen molar-refractivity contribution in [3.8, 4) is 11.1 Å². The number of amides is 3. The van der Waals surface area contributed by atoms with Gasteiger partial charge in [-0.05, 0) is 59.2 Å². The van der Waals surface area contributed by atoms with Gasteiger partial charge in [-0.3, -0.25) is 9.69 Å². The van der Waals surface area contributed by atoms with Crippen molar-refractivity contribution in [3.63, 3.8) is 0 Å². The lowest BCUT2D eigenvalue weighted by atomic mass is 9.98. The lowest BCUT2D eigenvalue weighted by Crippen LogP contribution is -2.47. The van der Waals surface area contributed by atoms with Gasteiger partial charge in [0.25, 0.3) is 0 Å². The van der Waals surface area contributed by atoms with Crippen molar-refractivity contribution in [3.05, 3.63) is 89.5 Å². The maximum atomic E-state index is 12.8. The predicted molar refractivity (Wildman–Crippen MR) is 170 cm³/mol. The zero-order valence-electron chi connectivity index (χ0n) is 24.6. The molecule has 12 heteroatoms. The number of alkyl carbamates (subject to hydrolysis) is 1. The van der Waals surface area contributed by atoms with Crippen LogP contribution in [-0.4, -0.2) is 70.9 Å². The van der Waals surface area contributed by atoms with Crippen LogP contribution in [0.1, 0.15) is 41.9 Å². The molecule has 0 radical (unpaired) electrons. The minimum atomic E-state index is -1.16. The Balaban J connectivity index is 1.02. The lowest BCUT2D eigenvalue weighted by molar-refractivity contribution is -0.139. The number of thioether (sulfide) groups is 1. The number of carbonyl (C=O) groups is 4. The predicted octanol–water partition coefficient (Wildman–Crippen LogP) is 4.56. The maximum absolute atomic E-state index is 12.8. The van der Waals surface area contributed by atoms with Crippen LogP contribution in [0.5, 0.6) is 0 Å². The molecule has 1 aliphatic carbocycles. The molecule has 2 atom stereocenters. The van der Waals surface area contributed by atoms with Gasteiger partial charge in [-0.1, -0.05) is 60.7 Å². The number of nitrogen functional groups attached to an aromatic ring is 1. The van der Waals surface area contributed by atoms with Crippen molar-refractivity contribution in [2.75, 3.05) is 30.5 Å². The van der Waals surface area contributed by atoms with Gasteiger partial charge in [-0.15, -0.1) is 11.8 Å². The van der Waals surface area contributed by atoms with E-state index < -0.39 is 30.2 Å². The SMILES string of the molecule is Nc1ccc(COC(=O)N2CSC[C@H]2C(=O)NCCCC[C@H](NC(=O)OCC2c3ccccc3-c3ccccc32)C(=O)O)cc1. The molecular weight excluding hydrogens is 596 g/mol. The van der Waals surface area contributed by atoms with Crippen molar-refractivity contribution in [1.82, 2.24) is 15.5 Å². The van der Waals surface area contributed by atoms with Crippen molar-refractivity contribution < 1.29 is 33.8 Å². The fraction of sp³-hybridized carbons (Fsp3) is 0.333. The number of nitrogens with zero attached hydrogens (tertiary/aromatic N) is 1. The summed E-state index contributed by atoms with van der Waals surface area (Å²) in [4.78, 5) is 51.2. The summed E-state index contributed by atoms with van der Waals surface area (Å²) in [5.74, 6) is -0.788. The standard InChI is InChI=1S/C33H36N4O7S/c34-22-14-12-21(13-15-22)17-44-33(42)37-20-45-19-29(37)30(38)35-16-6-5-11-28(31(39)40)36-32(41)43-18-27-25-9-3-1-7-23(25)24-8-2-4-10-26(24)27/h1-4,7-10,12-15,27-29H,5-6,11,16-20,34H2,(H,35,38)(H,36,41)(H,39,40)/t28-,29-/m0/s1. The summed E-state index contributed by atoms with van der Waals surface area (Å²) < 4.78 is 10.9. The second-order valence-electron chi connectivity index (χ2n) is 10.9. The Kier molecular flexibility index (Phi) is 10.5. The second-order valence-corrected chi connectivity index (χ2v) is 11.9. The van der Waals surface area contributed by atoms with E-state index in [1.54, 1.807) is 24.3 Å². The second kappa shape index (κ2) is 14.8. The molecule has 5 rings (SSSR count).